The van der Waals surface area contributed by atoms with Gasteiger partial charge in [-0.2, -0.15) is 0 Å². The lowest BCUT2D eigenvalue weighted by molar-refractivity contribution is -0.139. The van der Waals surface area contributed by atoms with Crippen molar-refractivity contribution >= 4 is 46.5 Å². The van der Waals surface area contributed by atoms with Gasteiger partial charge in [-0.1, -0.05) is 47.5 Å². The van der Waals surface area contributed by atoms with E-state index < -0.39 is 17.3 Å². The molecular weight excluding hydrogens is 479 g/mol. The highest BCUT2D eigenvalue weighted by molar-refractivity contribution is 6.36. The molecule has 0 bridgehead atoms. The van der Waals surface area contributed by atoms with Crippen LogP contribution in [0.15, 0.2) is 65.3 Å². The molecule has 5 rings (SSSR count). The van der Waals surface area contributed by atoms with Gasteiger partial charge in [-0.25, -0.2) is 4.79 Å². The smallest absolute Gasteiger partial charge is 0.340 e. The fourth-order valence-electron chi connectivity index (χ4n) is 5.12. The van der Waals surface area contributed by atoms with E-state index in [-0.39, 0.29) is 35.8 Å². The molecule has 1 spiro atoms. The molecule has 2 aromatic carbocycles. The Hall–Kier alpha value is -3.29. The molecule has 174 valence electrons. The van der Waals surface area contributed by atoms with Crippen molar-refractivity contribution < 1.29 is 23.9 Å². The predicted molar refractivity (Wildman–Crippen MR) is 126 cm³/mol. The van der Waals surface area contributed by atoms with Gasteiger partial charge in [-0.05, 0) is 24.6 Å². The topological polar surface area (TPSA) is 98.9 Å². The number of esters is 1. The van der Waals surface area contributed by atoms with Gasteiger partial charge in [0.1, 0.15) is 16.7 Å². The molecule has 0 fully saturated rings. The van der Waals surface area contributed by atoms with Gasteiger partial charge in [0, 0.05) is 39.7 Å². The minimum atomic E-state index is -1.79. The maximum atomic E-state index is 14.4. The van der Waals surface area contributed by atoms with Crippen LogP contribution in [-0.2, 0) is 35.8 Å². The van der Waals surface area contributed by atoms with Gasteiger partial charge in [-0.3, -0.25) is 9.59 Å². The maximum absolute atomic E-state index is 14.4. The largest absolute Gasteiger partial charge is 0.465 e. The second-order valence-corrected chi connectivity index (χ2v) is 9.08. The van der Waals surface area contributed by atoms with Gasteiger partial charge in [0.25, 0.3) is 0 Å². The van der Waals surface area contributed by atoms with E-state index in [1.165, 1.54) is 12.0 Å². The lowest BCUT2D eigenvalue weighted by atomic mass is 9.64. The van der Waals surface area contributed by atoms with Crippen molar-refractivity contribution in [1.29, 1.82) is 0 Å². The second kappa shape index (κ2) is 8.18. The molecule has 9 heteroatoms. The number of nitrogens with two attached hydrogens (primary N) is 1. The van der Waals surface area contributed by atoms with Crippen molar-refractivity contribution in [1.82, 2.24) is 0 Å². The van der Waals surface area contributed by atoms with E-state index >= 15 is 0 Å². The number of benzene rings is 2. The number of rotatable bonds is 3. The molecule has 1 unspecified atom stereocenters. The van der Waals surface area contributed by atoms with Crippen molar-refractivity contribution in [3.63, 3.8) is 0 Å². The number of amides is 1. The van der Waals surface area contributed by atoms with Crippen LogP contribution >= 0.6 is 23.2 Å². The summed E-state index contributed by atoms with van der Waals surface area (Å²) in [6.07, 6.45) is 1.21. The van der Waals surface area contributed by atoms with Crippen LogP contribution in [0.3, 0.4) is 0 Å². The normalized spacial score (nSPS) is 21.6. The number of carbonyl (C=O) groups excluding carboxylic acids is 3. The molecule has 0 radical (unpaired) electrons. The summed E-state index contributed by atoms with van der Waals surface area (Å²) in [5, 5.41) is 0.783. The molecule has 1 amide bonds. The molecule has 0 saturated carbocycles. The second-order valence-electron chi connectivity index (χ2n) is 8.27. The van der Waals surface area contributed by atoms with Crippen molar-refractivity contribution in [3.8, 4) is 0 Å². The number of Topliss-reactive ketones (excluding diaryl/α,β-unsaturated/α-hetero) is 1. The fourth-order valence-corrected chi connectivity index (χ4v) is 5.64. The zero-order valence-corrected chi connectivity index (χ0v) is 19.7. The van der Waals surface area contributed by atoms with Crippen LogP contribution in [0.25, 0.3) is 0 Å². The van der Waals surface area contributed by atoms with E-state index in [0.717, 1.165) is 0 Å². The zero-order chi connectivity index (χ0) is 24.2. The standard InChI is InChI=1S/C25H20Cl2N2O5/c1-33-23(31)21-22(28)34-19-11-5-10-18(30)20(19)25(21)14-6-2-3-9-17(14)29(24(25)32)12-13-15(26)7-4-8-16(13)27/h2-4,6-9H,5,10-12,28H2,1H3. The van der Waals surface area contributed by atoms with Gasteiger partial charge in [0.2, 0.25) is 11.8 Å². The zero-order valence-electron chi connectivity index (χ0n) is 18.2. The minimum Gasteiger partial charge on any atom is -0.465 e. The van der Waals surface area contributed by atoms with Gasteiger partial charge in [0.05, 0.1) is 19.2 Å². The molecule has 2 aliphatic heterocycles. The van der Waals surface area contributed by atoms with Crippen LogP contribution in [0.5, 0.6) is 0 Å². The number of nitrogens with zero attached hydrogens (tertiary/aromatic N) is 1. The number of ketones is 1. The average Bonchev–Trinajstić information content (AvgIpc) is 3.04. The van der Waals surface area contributed by atoms with Gasteiger partial charge in [0.15, 0.2) is 5.78 Å². The molecule has 0 aromatic heterocycles. The number of methoxy groups -OCH3 is 1. The molecule has 34 heavy (non-hydrogen) atoms. The number of halogens is 2. The Labute approximate surface area is 205 Å². The highest BCUT2D eigenvalue weighted by atomic mass is 35.5. The number of hydrogen-bond acceptors (Lipinski definition) is 6. The Kier molecular flexibility index (Phi) is 5.41. The summed E-state index contributed by atoms with van der Waals surface area (Å²) < 4.78 is 10.8. The third-order valence-electron chi connectivity index (χ3n) is 6.53. The summed E-state index contributed by atoms with van der Waals surface area (Å²) in [6, 6.07) is 12.1. The van der Waals surface area contributed by atoms with E-state index in [1.54, 1.807) is 42.5 Å². The Morgan fingerprint density at radius 3 is 2.53 bits per heavy atom. The summed E-state index contributed by atoms with van der Waals surface area (Å²) in [7, 11) is 1.19. The summed E-state index contributed by atoms with van der Waals surface area (Å²) in [4.78, 5) is 42.3. The van der Waals surface area contributed by atoms with Crippen molar-refractivity contribution in [2.75, 3.05) is 12.0 Å². The number of allylic oxidation sites excluding steroid dienone is 1. The summed E-state index contributed by atoms with van der Waals surface area (Å²) in [6.45, 7) is 0.0299. The number of hydrogen-bond donors (Lipinski definition) is 1. The fraction of sp³-hybridized carbons (Fsp3) is 0.240. The van der Waals surface area contributed by atoms with Crippen LogP contribution < -0.4 is 10.6 Å². The SMILES string of the molecule is COC(=O)C1=C(N)OC2=C(C(=O)CCC2)C12C(=O)N(Cc1c(Cl)cccc1Cl)c1ccccc12. The minimum absolute atomic E-state index is 0.0299. The highest BCUT2D eigenvalue weighted by Gasteiger charge is 2.63. The summed E-state index contributed by atoms with van der Waals surface area (Å²) in [5.74, 6) is -1.57. The molecule has 0 saturated heterocycles. The highest BCUT2D eigenvalue weighted by Crippen LogP contribution is 2.56. The quantitative estimate of drug-likeness (QED) is 0.637. The summed E-state index contributed by atoms with van der Waals surface area (Å²) in [5.41, 5.74) is 5.89. The Morgan fingerprint density at radius 1 is 1.12 bits per heavy atom. The third kappa shape index (κ3) is 3.00. The lowest BCUT2D eigenvalue weighted by Crippen LogP contribution is -2.51. The molecule has 3 aliphatic rings. The van der Waals surface area contributed by atoms with Crippen molar-refractivity contribution in [3.05, 3.63) is 86.4 Å². The van der Waals surface area contributed by atoms with Gasteiger partial charge >= 0.3 is 5.97 Å². The first-order valence-electron chi connectivity index (χ1n) is 10.7. The van der Waals surface area contributed by atoms with E-state index in [9.17, 15) is 14.4 Å². The molecule has 1 atom stereocenters. The van der Waals surface area contributed by atoms with E-state index in [4.69, 9.17) is 38.4 Å². The first-order valence-corrected chi connectivity index (χ1v) is 11.5. The van der Waals surface area contributed by atoms with Gasteiger partial charge in [-0.15, -0.1) is 0 Å². The molecule has 2 heterocycles. The van der Waals surface area contributed by atoms with E-state index in [1.807, 2.05) is 0 Å². The molecule has 7 nitrogen and oxygen atoms in total. The number of fused-ring (bicyclic) bond motifs is 3. The first-order chi connectivity index (χ1) is 16.3. The first kappa shape index (κ1) is 22.5. The maximum Gasteiger partial charge on any atom is 0.340 e. The van der Waals surface area contributed by atoms with Crippen LogP contribution in [0.4, 0.5) is 5.69 Å². The summed E-state index contributed by atoms with van der Waals surface area (Å²) >= 11 is 12.8. The lowest BCUT2D eigenvalue weighted by Gasteiger charge is -2.38. The Bertz CT molecular complexity index is 1310. The van der Waals surface area contributed by atoms with Crippen LogP contribution in [0.1, 0.15) is 30.4 Å². The number of ether oxygens (including phenoxy) is 2. The Morgan fingerprint density at radius 2 is 1.82 bits per heavy atom. The molecular formula is C25H20Cl2N2O5. The molecule has 2 aromatic rings. The predicted octanol–water partition coefficient (Wildman–Crippen LogP) is 4.16. The molecule has 1 aliphatic carbocycles. The van der Waals surface area contributed by atoms with Crippen LogP contribution in [0, 0.1) is 0 Å². The number of para-hydroxylation sites is 1. The van der Waals surface area contributed by atoms with E-state index in [0.29, 0.717) is 45.5 Å². The van der Waals surface area contributed by atoms with E-state index in [2.05, 4.69) is 0 Å². The van der Waals surface area contributed by atoms with Crippen molar-refractivity contribution in [2.45, 2.75) is 31.2 Å². The number of anilines is 1. The number of carbonyl (C=O) groups is 3. The van der Waals surface area contributed by atoms with Gasteiger partial charge < -0.3 is 20.1 Å². The third-order valence-corrected chi connectivity index (χ3v) is 7.24. The average molecular weight is 499 g/mol. The van der Waals surface area contributed by atoms with Crippen LogP contribution in [-0.4, -0.2) is 24.8 Å². The van der Waals surface area contributed by atoms with Crippen LogP contribution in [0.2, 0.25) is 10.0 Å². The monoisotopic (exact) mass is 498 g/mol. The molecule has 2 N–H and O–H groups in total. The van der Waals surface area contributed by atoms with Crippen molar-refractivity contribution in [2.24, 2.45) is 5.73 Å². The Balaban J connectivity index is 1.80.